The van der Waals surface area contributed by atoms with Crippen molar-refractivity contribution in [1.29, 1.82) is 0 Å². The van der Waals surface area contributed by atoms with Crippen molar-refractivity contribution in [3.05, 3.63) is 64.3 Å². The van der Waals surface area contributed by atoms with Crippen LogP contribution in [-0.4, -0.2) is 67.8 Å². The van der Waals surface area contributed by atoms with Crippen LogP contribution < -0.4 is 15.8 Å². The molecule has 14 heteroatoms. The van der Waals surface area contributed by atoms with E-state index < -0.39 is 34.8 Å². The Kier molecular flexibility index (Phi) is 6.71. The van der Waals surface area contributed by atoms with Crippen molar-refractivity contribution in [2.24, 2.45) is 0 Å². The van der Waals surface area contributed by atoms with Gasteiger partial charge < -0.3 is 19.7 Å². The molecule has 0 bridgehead atoms. The summed E-state index contributed by atoms with van der Waals surface area (Å²) >= 11 is 0. The van der Waals surface area contributed by atoms with Gasteiger partial charge in [-0.2, -0.15) is 18.3 Å². The molecule has 1 aliphatic heterocycles. The highest BCUT2D eigenvalue weighted by atomic mass is 19.4. The van der Waals surface area contributed by atoms with Gasteiger partial charge in [0.05, 0.1) is 29.8 Å². The average molecular weight is 494 g/mol. The lowest BCUT2D eigenvalue weighted by atomic mass is 10.2. The number of hydrogen-bond donors (Lipinski definition) is 2. The summed E-state index contributed by atoms with van der Waals surface area (Å²) < 4.78 is 54.4. The van der Waals surface area contributed by atoms with Crippen LogP contribution in [0.2, 0.25) is 0 Å². The van der Waals surface area contributed by atoms with Crippen molar-refractivity contribution in [2.45, 2.75) is 25.7 Å². The first-order valence-corrected chi connectivity index (χ1v) is 10.7. The van der Waals surface area contributed by atoms with Crippen LogP contribution in [0.3, 0.4) is 0 Å². The van der Waals surface area contributed by atoms with Gasteiger partial charge in [-0.1, -0.05) is 0 Å². The highest BCUT2D eigenvalue weighted by molar-refractivity contribution is 5.94. The third-order valence-corrected chi connectivity index (χ3v) is 5.48. The Morgan fingerprint density at radius 1 is 1.17 bits per heavy atom. The van der Waals surface area contributed by atoms with Gasteiger partial charge in [0, 0.05) is 51.2 Å². The number of carbonyl (C=O) groups excluding carboxylic acids is 1. The first-order valence-electron chi connectivity index (χ1n) is 10.7. The lowest BCUT2D eigenvalue weighted by Gasteiger charge is -2.34. The minimum Gasteiger partial charge on any atom is -0.379 e. The molecular weight excluding hydrogens is 472 g/mol. The van der Waals surface area contributed by atoms with Crippen molar-refractivity contribution in [3.8, 4) is 0 Å². The molecule has 3 aromatic heterocycles. The summed E-state index contributed by atoms with van der Waals surface area (Å²) in [5.74, 6) is -0.302. The summed E-state index contributed by atoms with van der Waals surface area (Å²) in [4.78, 5) is 36.0. The molecule has 1 amide bonds. The van der Waals surface area contributed by atoms with Gasteiger partial charge in [-0.05, 0) is 13.0 Å². The fourth-order valence-corrected chi connectivity index (χ4v) is 3.86. The maximum atomic E-state index is 13.2. The highest BCUT2D eigenvalue weighted by Gasteiger charge is 2.37. The van der Waals surface area contributed by atoms with E-state index >= 15 is 0 Å². The maximum Gasteiger partial charge on any atom is 0.423 e. The average Bonchev–Trinajstić information content (AvgIpc) is 3.26. The van der Waals surface area contributed by atoms with Gasteiger partial charge in [0.2, 0.25) is 5.95 Å². The van der Waals surface area contributed by atoms with Crippen molar-refractivity contribution in [1.82, 2.24) is 29.6 Å². The summed E-state index contributed by atoms with van der Waals surface area (Å²) in [5, 5.41) is 7.91. The molecule has 10 nitrogen and oxygen atoms in total. The molecule has 1 unspecified atom stereocenters. The molecule has 4 rings (SSSR count). The minimum atomic E-state index is -4.83. The number of aromatic amines is 1. The number of nitrogens with one attached hydrogen (secondary N) is 2. The van der Waals surface area contributed by atoms with Crippen LogP contribution in [0.4, 0.5) is 29.2 Å². The van der Waals surface area contributed by atoms with Gasteiger partial charge in [-0.15, -0.1) is 0 Å². The van der Waals surface area contributed by atoms with E-state index in [1.165, 1.54) is 0 Å². The fraction of sp³-hybridized carbons (Fsp3) is 0.381. The molecule has 0 radical (unpaired) electrons. The summed E-state index contributed by atoms with van der Waals surface area (Å²) in [6, 6.07) is 1.13. The third-order valence-electron chi connectivity index (χ3n) is 5.48. The number of piperazine rings is 1. The van der Waals surface area contributed by atoms with E-state index in [0.717, 1.165) is 18.6 Å². The Labute approximate surface area is 196 Å². The second kappa shape index (κ2) is 9.72. The largest absolute Gasteiger partial charge is 0.423 e. The SMILES string of the molecule is CC(Cn1ccc(C(=O)N2CCN(c3ncc(F)cn3)CC2)c1)Nc1cn[nH]c(=O)c1C(F)(F)F. The first-order chi connectivity index (χ1) is 16.6. The zero-order chi connectivity index (χ0) is 25.2. The molecular formula is C21H22F4N8O2. The topological polar surface area (TPSA) is 112 Å². The molecule has 4 heterocycles. The van der Waals surface area contributed by atoms with E-state index in [1.54, 1.807) is 39.9 Å². The summed E-state index contributed by atoms with van der Waals surface area (Å²) in [7, 11) is 0. The fourth-order valence-electron chi connectivity index (χ4n) is 3.86. The molecule has 3 aromatic rings. The second-order valence-electron chi connectivity index (χ2n) is 8.11. The predicted octanol–water partition coefficient (Wildman–Crippen LogP) is 1.98. The van der Waals surface area contributed by atoms with Gasteiger partial charge >= 0.3 is 6.18 Å². The third kappa shape index (κ3) is 5.58. The molecule has 1 atom stereocenters. The van der Waals surface area contributed by atoms with E-state index in [4.69, 9.17) is 0 Å². The number of halogens is 4. The summed E-state index contributed by atoms with van der Waals surface area (Å²) in [6.45, 7) is 3.74. The lowest BCUT2D eigenvalue weighted by molar-refractivity contribution is -0.138. The lowest BCUT2D eigenvalue weighted by Crippen LogP contribution is -2.49. The smallest absolute Gasteiger partial charge is 0.379 e. The Bertz CT molecular complexity index is 1230. The molecule has 0 saturated carbocycles. The standard InChI is InChI=1S/C21H22F4N8O2/c1-13(29-16-10-28-30-18(34)17(16)21(23,24)25)11-31-3-2-14(12-31)19(35)32-4-6-33(7-5-32)20-26-8-15(22)9-27-20/h2-3,8-10,12-13H,4-7,11H2,1H3,(H2,29,30,34). The van der Waals surface area contributed by atoms with E-state index in [-0.39, 0.29) is 12.5 Å². The normalized spacial score (nSPS) is 15.2. The number of H-pyrrole nitrogens is 1. The van der Waals surface area contributed by atoms with E-state index in [0.29, 0.717) is 37.7 Å². The summed E-state index contributed by atoms with van der Waals surface area (Å²) in [5.41, 5.74) is -2.64. The Morgan fingerprint density at radius 3 is 2.51 bits per heavy atom. The number of hydrogen-bond acceptors (Lipinski definition) is 7. The number of anilines is 2. The molecule has 1 aliphatic rings. The van der Waals surface area contributed by atoms with Crippen molar-refractivity contribution in [3.63, 3.8) is 0 Å². The molecule has 2 N–H and O–H groups in total. The Hall–Kier alpha value is -3.97. The quantitative estimate of drug-likeness (QED) is 0.504. The number of amides is 1. The van der Waals surface area contributed by atoms with Gasteiger partial charge in [0.1, 0.15) is 5.56 Å². The van der Waals surface area contributed by atoms with Crippen LogP contribution in [0.15, 0.2) is 41.8 Å². The van der Waals surface area contributed by atoms with Crippen LogP contribution in [-0.2, 0) is 12.7 Å². The van der Waals surface area contributed by atoms with Crippen LogP contribution in [0.1, 0.15) is 22.8 Å². The van der Waals surface area contributed by atoms with Gasteiger partial charge in [-0.3, -0.25) is 9.59 Å². The molecule has 1 saturated heterocycles. The second-order valence-corrected chi connectivity index (χ2v) is 8.11. The Balaban J connectivity index is 1.35. The van der Waals surface area contributed by atoms with Crippen molar-refractivity contribution in [2.75, 3.05) is 36.4 Å². The molecule has 0 spiro atoms. The summed E-state index contributed by atoms with van der Waals surface area (Å²) in [6.07, 6.45) is 1.55. The number of carbonyl (C=O) groups is 1. The van der Waals surface area contributed by atoms with Crippen LogP contribution in [0.5, 0.6) is 0 Å². The van der Waals surface area contributed by atoms with Gasteiger partial charge in [0.25, 0.3) is 11.5 Å². The molecule has 35 heavy (non-hydrogen) atoms. The Morgan fingerprint density at radius 2 is 1.86 bits per heavy atom. The van der Waals surface area contributed by atoms with Gasteiger partial charge in [-0.25, -0.2) is 19.5 Å². The first kappa shape index (κ1) is 24.2. The van der Waals surface area contributed by atoms with Gasteiger partial charge in [0.15, 0.2) is 5.82 Å². The van der Waals surface area contributed by atoms with Crippen LogP contribution >= 0.6 is 0 Å². The number of aromatic nitrogens is 5. The molecule has 0 aliphatic carbocycles. The highest BCUT2D eigenvalue weighted by Crippen LogP contribution is 2.31. The minimum absolute atomic E-state index is 0.179. The number of nitrogens with zero attached hydrogens (tertiary/aromatic N) is 6. The molecule has 1 fully saturated rings. The van der Waals surface area contributed by atoms with Crippen molar-refractivity contribution < 1.29 is 22.4 Å². The predicted molar refractivity (Wildman–Crippen MR) is 117 cm³/mol. The number of alkyl halides is 3. The van der Waals surface area contributed by atoms with Crippen LogP contribution in [0, 0.1) is 5.82 Å². The van der Waals surface area contributed by atoms with Crippen molar-refractivity contribution >= 4 is 17.5 Å². The number of rotatable bonds is 6. The van der Waals surface area contributed by atoms with Crippen LogP contribution in [0.25, 0.3) is 0 Å². The van der Waals surface area contributed by atoms with E-state index in [1.807, 2.05) is 4.90 Å². The monoisotopic (exact) mass is 494 g/mol. The zero-order valence-corrected chi connectivity index (χ0v) is 18.6. The van der Waals surface area contributed by atoms with E-state index in [9.17, 15) is 27.2 Å². The zero-order valence-electron chi connectivity index (χ0n) is 18.6. The molecule has 186 valence electrons. The molecule has 0 aromatic carbocycles. The van der Waals surface area contributed by atoms with E-state index in [2.05, 4.69) is 20.4 Å². The maximum absolute atomic E-state index is 13.2.